The Morgan fingerprint density at radius 2 is 1.54 bits per heavy atom. The Balaban J connectivity index is 1.57. The first kappa shape index (κ1) is 18.6. The minimum Gasteiger partial charge on any atom is -0.332 e. The molecule has 0 aliphatic carbocycles. The molecule has 0 spiro atoms. The SMILES string of the molecule is O=C(Nc1ccc(NC(=S)Nc2ccc(Cl)c(Cl)c2)cc1)c1cscn1. The Morgan fingerprint density at radius 3 is 2.15 bits per heavy atom. The second kappa shape index (κ2) is 8.46. The fourth-order valence-corrected chi connectivity index (χ4v) is 3.09. The zero-order valence-electron chi connectivity index (χ0n) is 13.1. The van der Waals surface area contributed by atoms with Crippen molar-refractivity contribution < 1.29 is 4.79 Å². The molecule has 0 aliphatic rings. The van der Waals surface area contributed by atoms with Crippen molar-refractivity contribution in [3.8, 4) is 0 Å². The summed E-state index contributed by atoms with van der Waals surface area (Å²) in [6.07, 6.45) is 0. The van der Waals surface area contributed by atoms with Gasteiger partial charge in [0.25, 0.3) is 5.91 Å². The molecule has 5 nitrogen and oxygen atoms in total. The van der Waals surface area contributed by atoms with Gasteiger partial charge in [0.05, 0.1) is 15.6 Å². The minimum atomic E-state index is -0.247. The topological polar surface area (TPSA) is 66.1 Å². The van der Waals surface area contributed by atoms with Crippen LogP contribution in [0.5, 0.6) is 0 Å². The summed E-state index contributed by atoms with van der Waals surface area (Å²) < 4.78 is 0. The molecule has 0 saturated carbocycles. The monoisotopic (exact) mass is 422 g/mol. The molecule has 2 aromatic carbocycles. The van der Waals surface area contributed by atoms with E-state index in [0.717, 1.165) is 11.4 Å². The summed E-state index contributed by atoms with van der Waals surface area (Å²) in [4.78, 5) is 15.9. The fourth-order valence-electron chi connectivity index (χ4n) is 2.02. The van der Waals surface area contributed by atoms with E-state index in [-0.39, 0.29) is 5.91 Å². The quantitative estimate of drug-likeness (QED) is 0.483. The van der Waals surface area contributed by atoms with Crippen molar-refractivity contribution in [3.05, 3.63) is 69.1 Å². The lowest BCUT2D eigenvalue weighted by Gasteiger charge is -2.12. The van der Waals surface area contributed by atoms with Gasteiger partial charge in [0, 0.05) is 22.4 Å². The third-order valence-corrected chi connectivity index (χ3v) is 4.77. The summed E-state index contributed by atoms with van der Waals surface area (Å²) >= 11 is 18.5. The summed E-state index contributed by atoms with van der Waals surface area (Å²) in [5.41, 5.74) is 4.17. The number of thiazole rings is 1. The number of nitrogens with zero attached hydrogens (tertiary/aromatic N) is 1. The van der Waals surface area contributed by atoms with Crippen molar-refractivity contribution in [2.24, 2.45) is 0 Å². The average Bonchev–Trinajstić information content (AvgIpc) is 3.15. The highest BCUT2D eigenvalue weighted by atomic mass is 35.5. The first-order valence-electron chi connectivity index (χ1n) is 7.34. The Kier molecular flexibility index (Phi) is 6.05. The zero-order valence-corrected chi connectivity index (χ0v) is 16.3. The highest BCUT2D eigenvalue weighted by Gasteiger charge is 2.08. The van der Waals surface area contributed by atoms with Crippen LogP contribution in [-0.4, -0.2) is 16.0 Å². The standard InChI is InChI=1S/C17H12Cl2N4OS2/c18-13-6-5-12(7-14(13)19)23-17(25)22-11-3-1-10(2-4-11)21-16(24)15-8-26-9-20-15/h1-9H,(H,21,24)(H2,22,23,25). The van der Waals surface area contributed by atoms with Crippen molar-refractivity contribution in [3.63, 3.8) is 0 Å². The largest absolute Gasteiger partial charge is 0.332 e. The lowest BCUT2D eigenvalue weighted by Crippen LogP contribution is -2.19. The highest BCUT2D eigenvalue weighted by molar-refractivity contribution is 7.80. The van der Waals surface area contributed by atoms with Gasteiger partial charge < -0.3 is 16.0 Å². The van der Waals surface area contributed by atoms with Gasteiger partial charge in [-0.25, -0.2) is 4.98 Å². The number of carbonyl (C=O) groups excluding carboxylic acids is 1. The van der Waals surface area contributed by atoms with Gasteiger partial charge in [-0.15, -0.1) is 11.3 Å². The van der Waals surface area contributed by atoms with E-state index in [1.54, 1.807) is 53.4 Å². The Hall–Kier alpha value is -2.19. The van der Waals surface area contributed by atoms with Crippen LogP contribution in [0.15, 0.2) is 53.4 Å². The molecule has 0 atom stereocenters. The van der Waals surface area contributed by atoms with Gasteiger partial charge in [-0.1, -0.05) is 23.2 Å². The summed E-state index contributed by atoms with van der Waals surface area (Å²) in [6.45, 7) is 0. The van der Waals surface area contributed by atoms with Gasteiger partial charge in [-0.3, -0.25) is 4.79 Å². The van der Waals surface area contributed by atoms with Gasteiger partial charge in [-0.05, 0) is 54.7 Å². The second-order valence-electron chi connectivity index (χ2n) is 5.11. The van der Waals surface area contributed by atoms with Crippen molar-refractivity contribution in [1.29, 1.82) is 0 Å². The minimum absolute atomic E-state index is 0.247. The zero-order chi connectivity index (χ0) is 18.5. The van der Waals surface area contributed by atoms with Crippen LogP contribution in [0.25, 0.3) is 0 Å². The molecule has 0 saturated heterocycles. The Labute approximate surface area is 169 Å². The molecule has 1 aromatic heterocycles. The molecule has 9 heteroatoms. The van der Waals surface area contributed by atoms with E-state index in [1.165, 1.54) is 11.3 Å². The smallest absolute Gasteiger partial charge is 0.275 e. The molecule has 0 radical (unpaired) electrons. The highest BCUT2D eigenvalue weighted by Crippen LogP contribution is 2.25. The van der Waals surface area contributed by atoms with Crippen LogP contribution >= 0.6 is 46.8 Å². The van der Waals surface area contributed by atoms with Gasteiger partial charge in [0.1, 0.15) is 5.69 Å². The molecule has 0 aliphatic heterocycles. The lowest BCUT2D eigenvalue weighted by molar-refractivity contribution is 0.102. The van der Waals surface area contributed by atoms with Crippen LogP contribution in [0.2, 0.25) is 10.0 Å². The molecule has 26 heavy (non-hydrogen) atoms. The van der Waals surface area contributed by atoms with E-state index in [1.807, 2.05) is 0 Å². The van der Waals surface area contributed by atoms with Gasteiger partial charge in [-0.2, -0.15) is 0 Å². The molecule has 0 unspecified atom stereocenters. The molecule has 3 N–H and O–H groups in total. The predicted molar refractivity (Wildman–Crippen MR) is 113 cm³/mol. The Morgan fingerprint density at radius 1 is 0.923 bits per heavy atom. The maximum absolute atomic E-state index is 12.0. The normalized spacial score (nSPS) is 10.2. The van der Waals surface area contributed by atoms with E-state index in [9.17, 15) is 4.79 Å². The molecule has 132 valence electrons. The summed E-state index contributed by atoms with van der Waals surface area (Å²) in [5, 5.41) is 11.9. The van der Waals surface area contributed by atoms with Crippen LogP contribution < -0.4 is 16.0 Å². The van der Waals surface area contributed by atoms with E-state index >= 15 is 0 Å². The number of carbonyl (C=O) groups is 1. The van der Waals surface area contributed by atoms with Crippen LogP contribution in [0, 0.1) is 0 Å². The summed E-state index contributed by atoms with van der Waals surface area (Å²) in [7, 11) is 0. The predicted octanol–water partition coefficient (Wildman–Crippen LogP) is 5.51. The van der Waals surface area contributed by atoms with E-state index in [2.05, 4.69) is 20.9 Å². The van der Waals surface area contributed by atoms with Crippen LogP contribution in [0.3, 0.4) is 0 Å². The van der Waals surface area contributed by atoms with Gasteiger partial charge >= 0.3 is 0 Å². The molecule has 3 aromatic rings. The van der Waals surface area contributed by atoms with Gasteiger partial charge in [0.15, 0.2) is 5.11 Å². The van der Waals surface area contributed by atoms with Crippen LogP contribution in [-0.2, 0) is 0 Å². The molecule has 1 heterocycles. The number of hydrogen-bond donors (Lipinski definition) is 3. The van der Waals surface area contributed by atoms with Gasteiger partial charge in [0.2, 0.25) is 0 Å². The second-order valence-corrected chi connectivity index (χ2v) is 7.05. The third kappa shape index (κ3) is 4.92. The number of rotatable bonds is 4. The number of amides is 1. The van der Waals surface area contributed by atoms with E-state index < -0.39 is 0 Å². The molecule has 1 amide bonds. The maximum atomic E-state index is 12.0. The lowest BCUT2D eigenvalue weighted by atomic mass is 10.2. The van der Waals surface area contributed by atoms with E-state index in [4.69, 9.17) is 35.4 Å². The summed E-state index contributed by atoms with van der Waals surface area (Å²) in [5.74, 6) is -0.247. The summed E-state index contributed by atoms with van der Waals surface area (Å²) in [6, 6.07) is 12.3. The van der Waals surface area contributed by atoms with Crippen molar-refractivity contribution in [2.75, 3.05) is 16.0 Å². The number of anilines is 3. The number of nitrogens with one attached hydrogen (secondary N) is 3. The molecule has 3 rings (SSSR count). The average molecular weight is 423 g/mol. The maximum Gasteiger partial charge on any atom is 0.275 e. The third-order valence-electron chi connectivity index (χ3n) is 3.24. The fraction of sp³-hybridized carbons (Fsp3) is 0. The van der Waals surface area contributed by atoms with Crippen molar-refractivity contribution >= 4 is 74.8 Å². The van der Waals surface area contributed by atoms with E-state index in [0.29, 0.717) is 26.5 Å². The number of hydrogen-bond acceptors (Lipinski definition) is 4. The van der Waals surface area contributed by atoms with Crippen LogP contribution in [0.1, 0.15) is 10.5 Å². The molecule has 0 bridgehead atoms. The molecular weight excluding hydrogens is 411 g/mol. The first-order valence-corrected chi connectivity index (χ1v) is 9.44. The molecular formula is C17H12Cl2N4OS2. The number of benzene rings is 2. The number of halogens is 2. The Bertz CT molecular complexity index is 930. The number of aromatic nitrogens is 1. The van der Waals surface area contributed by atoms with Crippen molar-refractivity contribution in [1.82, 2.24) is 4.98 Å². The van der Waals surface area contributed by atoms with Crippen LogP contribution in [0.4, 0.5) is 17.1 Å². The number of thiocarbonyl (C=S) groups is 1. The first-order chi connectivity index (χ1) is 12.5. The van der Waals surface area contributed by atoms with Crippen molar-refractivity contribution in [2.45, 2.75) is 0 Å². The molecule has 0 fully saturated rings.